The van der Waals surface area contributed by atoms with Gasteiger partial charge in [-0.05, 0) is 30.3 Å². The Balaban J connectivity index is 1.62. The summed E-state index contributed by atoms with van der Waals surface area (Å²) in [6.07, 6.45) is 3.49. The fourth-order valence-electron chi connectivity index (χ4n) is 2.40. The third-order valence-corrected chi connectivity index (χ3v) is 5.70. The molecule has 0 bridgehead atoms. The number of halogens is 1. The molecule has 0 aliphatic carbocycles. The van der Waals surface area contributed by atoms with Crippen molar-refractivity contribution in [3.8, 4) is 28.0 Å². The number of nitrogens with zero attached hydrogens (tertiary/aromatic N) is 4. The molecule has 0 N–H and O–H groups in total. The molecule has 4 nitrogen and oxygen atoms in total. The third-order valence-electron chi connectivity index (χ3n) is 3.69. The summed E-state index contributed by atoms with van der Waals surface area (Å²) in [4.78, 5) is 13.5. The zero-order valence-electron chi connectivity index (χ0n) is 13.8. The number of benzene rings is 1. The first-order chi connectivity index (χ1) is 13.2. The lowest BCUT2D eigenvalue weighted by Crippen LogP contribution is -1.84. The van der Waals surface area contributed by atoms with Crippen molar-refractivity contribution in [3.05, 3.63) is 75.1 Å². The molecule has 7 heteroatoms. The fraction of sp³-hybridized carbons (Fsp3) is 0. The van der Waals surface area contributed by atoms with Crippen LogP contribution in [-0.4, -0.2) is 15.0 Å². The predicted molar refractivity (Wildman–Crippen MR) is 111 cm³/mol. The lowest BCUT2D eigenvalue weighted by atomic mass is 10.2. The summed E-state index contributed by atoms with van der Waals surface area (Å²) in [5.41, 5.74) is 3.81. The minimum atomic E-state index is 0.484. The average Bonchev–Trinajstić information content (AvgIpc) is 3.37. The molecule has 0 fully saturated rings. The molecule has 130 valence electrons. The number of aromatic nitrogens is 3. The second-order valence-electron chi connectivity index (χ2n) is 5.51. The van der Waals surface area contributed by atoms with Gasteiger partial charge in [-0.2, -0.15) is 5.26 Å². The molecule has 0 unspecified atom stereocenters. The summed E-state index contributed by atoms with van der Waals surface area (Å²) in [5, 5.41) is 15.6. The van der Waals surface area contributed by atoms with Crippen LogP contribution in [0.3, 0.4) is 0 Å². The monoisotopic (exact) mass is 406 g/mol. The Morgan fingerprint density at radius 2 is 1.85 bits per heavy atom. The molecule has 27 heavy (non-hydrogen) atoms. The molecule has 4 rings (SSSR count). The molecular weight excluding hydrogens is 396 g/mol. The standard InChI is InChI=1S/C20H11ClN4S2/c21-15-6-4-13(5-7-15)18-12-27-19(25-18)14(10-22)9-16-11-26-20(24-16)17-3-1-2-8-23-17/h1-9,11-12H/b14-9+. The fourth-order valence-corrected chi connectivity index (χ4v) is 4.07. The van der Waals surface area contributed by atoms with Gasteiger partial charge in [-0.3, -0.25) is 4.98 Å². The summed E-state index contributed by atoms with van der Waals surface area (Å²) in [7, 11) is 0. The van der Waals surface area contributed by atoms with Crippen molar-refractivity contribution in [1.29, 1.82) is 5.26 Å². The first-order valence-corrected chi connectivity index (χ1v) is 10.1. The van der Waals surface area contributed by atoms with E-state index >= 15 is 0 Å². The molecule has 0 saturated carbocycles. The van der Waals surface area contributed by atoms with Crippen LogP contribution in [0.2, 0.25) is 5.02 Å². The van der Waals surface area contributed by atoms with E-state index in [1.807, 2.05) is 53.2 Å². The van der Waals surface area contributed by atoms with Crippen LogP contribution in [0.1, 0.15) is 10.7 Å². The lowest BCUT2D eigenvalue weighted by molar-refractivity contribution is 1.28. The largest absolute Gasteiger partial charge is 0.254 e. The Kier molecular flexibility index (Phi) is 5.07. The van der Waals surface area contributed by atoms with Gasteiger partial charge in [-0.25, -0.2) is 9.97 Å². The van der Waals surface area contributed by atoms with Gasteiger partial charge in [0.25, 0.3) is 0 Å². The van der Waals surface area contributed by atoms with E-state index in [-0.39, 0.29) is 0 Å². The van der Waals surface area contributed by atoms with Crippen molar-refractivity contribution in [2.45, 2.75) is 0 Å². The van der Waals surface area contributed by atoms with Crippen molar-refractivity contribution < 1.29 is 0 Å². The number of rotatable bonds is 4. The molecule has 4 aromatic rings. The van der Waals surface area contributed by atoms with E-state index in [2.05, 4.69) is 21.0 Å². The van der Waals surface area contributed by atoms with Crippen molar-refractivity contribution in [2.75, 3.05) is 0 Å². The Hall–Kier alpha value is -2.85. The van der Waals surface area contributed by atoms with Gasteiger partial charge in [-0.1, -0.05) is 29.8 Å². The van der Waals surface area contributed by atoms with Gasteiger partial charge in [0.1, 0.15) is 16.1 Å². The number of allylic oxidation sites excluding steroid dienone is 1. The van der Waals surface area contributed by atoms with Gasteiger partial charge in [0.05, 0.1) is 22.7 Å². The second kappa shape index (κ2) is 7.80. The smallest absolute Gasteiger partial charge is 0.142 e. The molecule has 0 spiro atoms. The quantitative estimate of drug-likeness (QED) is 0.387. The second-order valence-corrected chi connectivity index (χ2v) is 7.66. The first kappa shape index (κ1) is 17.6. The molecule has 0 saturated heterocycles. The summed E-state index contributed by atoms with van der Waals surface area (Å²) in [6.45, 7) is 0. The Labute approximate surface area is 169 Å². The zero-order valence-corrected chi connectivity index (χ0v) is 16.2. The van der Waals surface area contributed by atoms with Crippen LogP contribution in [0.15, 0.2) is 59.4 Å². The minimum Gasteiger partial charge on any atom is -0.254 e. The number of nitriles is 1. The number of hydrogen-bond acceptors (Lipinski definition) is 6. The van der Waals surface area contributed by atoms with Crippen LogP contribution in [0.5, 0.6) is 0 Å². The van der Waals surface area contributed by atoms with E-state index in [1.165, 1.54) is 22.7 Å². The van der Waals surface area contributed by atoms with Crippen LogP contribution in [0.25, 0.3) is 33.6 Å². The van der Waals surface area contributed by atoms with Crippen LogP contribution in [0, 0.1) is 11.3 Å². The minimum absolute atomic E-state index is 0.484. The number of hydrogen-bond donors (Lipinski definition) is 0. The van der Waals surface area contributed by atoms with E-state index in [1.54, 1.807) is 12.3 Å². The highest BCUT2D eigenvalue weighted by atomic mass is 35.5. The Morgan fingerprint density at radius 1 is 1.00 bits per heavy atom. The summed E-state index contributed by atoms with van der Waals surface area (Å²) in [5.74, 6) is 0. The maximum atomic E-state index is 9.58. The van der Waals surface area contributed by atoms with Gasteiger partial charge in [0.15, 0.2) is 0 Å². The van der Waals surface area contributed by atoms with Crippen molar-refractivity contribution in [1.82, 2.24) is 15.0 Å². The van der Waals surface area contributed by atoms with Crippen molar-refractivity contribution in [3.63, 3.8) is 0 Å². The van der Waals surface area contributed by atoms with Gasteiger partial charge in [-0.15, -0.1) is 22.7 Å². The molecule has 0 atom stereocenters. The maximum absolute atomic E-state index is 9.58. The van der Waals surface area contributed by atoms with Crippen LogP contribution in [0.4, 0.5) is 0 Å². The topological polar surface area (TPSA) is 62.5 Å². The van der Waals surface area contributed by atoms with Crippen LogP contribution >= 0.6 is 34.3 Å². The predicted octanol–water partition coefficient (Wildman–Crippen LogP) is 6.05. The number of pyridine rings is 1. The van der Waals surface area contributed by atoms with Gasteiger partial charge < -0.3 is 0 Å². The van der Waals surface area contributed by atoms with Gasteiger partial charge >= 0.3 is 0 Å². The van der Waals surface area contributed by atoms with E-state index in [9.17, 15) is 5.26 Å². The highest BCUT2D eigenvalue weighted by Gasteiger charge is 2.11. The van der Waals surface area contributed by atoms with E-state index in [4.69, 9.17) is 11.6 Å². The molecule has 0 aliphatic rings. The van der Waals surface area contributed by atoms with Gasteiger partial charge in [0, 0.05) is 27.5 Å². The van der Waals surface area contributed by atoms with Crippen molar-refractivity contribution in [2.24, 2.45) is 0 Å². The number of thiazole rings is 2. The van der Waals surface area contributed by atoms with Gasteiger partial charge in [0.2, 0.25) is 0 Å². The summed E-state index contributed by atoms with van der Waals surface area (Å²) < 4.78 is 0. The normalized spacial score (nSPS) is 11.3. The zero-order chi connectivity index (χ0) is 18.6. The third kappa shape index (κ3) is 3.96. The van der Waals surface area contributed by atoms with Crippen LogP contribution in [-0.2, 0) is 0 Å². The summed E-state index contributed by atoms with van der Waals surface area (Å²) in [6, 6.07) is 15.4. The van der Waals surface area contributed by atoms with E-state index in [0.717, 1.165) is 27.7 Å². The molecular formula is C20H11ClN4S2. The molecule has 3 heterocycles. The SMILES string of the molecule is N#C/C(=C\c1csc(-c2ccccn2)n1)c1nc(-c2ccc(Cl)cc2)cs1. The Bertz CT molecular complexity index is 1140. The van der Waals surface area contributed by atoms with Crippen molar-refractivity contribution >= 4 is 45.9 Å². The maximum Gasteiger partial charge on any atom is 0.142 e. The molecule has 0 amide bonds. The summed E-state index contributed by atoms with van der Waals surface area (Å²) >= 11 is 8.86. The molecule has 0 radical (unpaired) electrons. The van der Waals surface area contributed by atoms with Crippen LogP contribution < -0.4 is 0 Å². The first-order valence-electron chi connectivity index (χ1n) is 7.93. The highest BCUT2D eigenvalue weighted by molar-refractivity contribution is 7.13. The molecule has 1 aromatic carbocycles. The molecule has 3 aromatic heterocycles. The highest BCUT2D eigenvalue weighted by Crippen LogP contribution is 2.29. The van der Waals surface area contributed by atoms with E-state index in [0.29, 0.717) is 15.6 Å². The lowest BCUT2D eigenvalue weighted by Gasteiger charge is -1.96. The Morgan fingerprint density at radius 3 is 2.59 bits per heavy atom. The van der Waals surface area contributed by atoms with E-state index < -0.39 is 0 Å². The average molecular weight is 407 g/mol. The molecule has 0 aliphatic heterocycles.